The number of pyridine rings is 1. The summed E-state index contributed by atoms with van der Waals surface area (Å²) < 4.78 is 27.2. The third-order valence-electron chi connectivity index (χ3n) is 5.63. The number of piperidine rings is 1. The highest BCUT2D eigenvalue weighted by Gasteiger charge is 2.30. The summed E-state index contributed by atoms with van der Waals surface area (Å²) in [7, 11) is -3.62. The standard InChI is InChI=1S/C23H26N2O2S/c1-3-18-8-10-19(11-9-18)28(26,27)22-16-24-21-12-7-17(2)15-20(21)23(22)25-13-5-4-6-14-25/h7-12,15-16H,3-6,13-14H2,1-2H3/p+1. The van der Waals surface area contributed by atoms with Gasteiger partial charge in [0.2, 0.25) is 15.4 Å². The topological polar surface area (TPSA) is 51.5 Å². The average molecular weight is 396 g/mol. The van der Waals surface area contributed by atoms with E-state index < -0.39 is 9.84 Å². The van der Waals surface area contributed by atoms with Crippen LogP contribution in [0.1, 0.15) is 37.3 Å². The van der Waals surface area contributed by atoms with Crippen molar-refractivity contribution in [2.75, 3.05) is 18.0 Å². The zero-order valence-corrected chi connectivity index (χ0v) is 17.3. The monoisotopic (exact) mass is 395 g/mol. The van der Waals surface area contributed by atoms with E-state index in [1.165, 1.54) is 6.42 Å². The SMILES string of the molecule is CCc1ccc(S(=O)(=O)c2c[nH+]c3ccc(C)cc3c2N2CCCCC2)cc1. The second-order valence-corrected chi connectivity index (χ2v) is 9.52. The molecule has 0 spiro atoms. The molecule has 1 saturated heterocycles. The maximum atomic E-state index is 13.6. The van der Waals surface area contributed by atoms with Crippen molar-refractivity contribution < 1.29 is 13.4 Å². The average Bonchev–Trinajstić information content (AvgIpc) is 2.73. The highest BCUT2D eigenvalue weighted by atomic mass is 32.2. The van der Waals surface area contributed by atoms with E-state index in [0.717, 1.165) is 60.1 Å². The molecule has 0 bridgehead atoms. The minimum absolute atomic E-state index is 0.350. The molecule has 0 aliphatic carbocycles. The molecule has 28 heavy (non-hydrogen) atoms. The van der Waals surface area contributed by atoms with Gasteiger partial charge in [-0.05, 0) is 61.9 Å². The molecule has 1 N–H and O–H groups in total. The number of aryl methyl sites for hydroxylation is 2. The van der Waals surface area contributed by atoms with Gasteiger partial charge in [0.05, 0.1) is 16.0 Å². The van der Waals surface area contributed by atoms with E-state index in [9.17, 15) is 8.42 Å². The van der Waals surface area contributed by atoms with Crippen LogP contribution in [0.15, 0.2) is 58.5 Å². The van der Waals surface area contributed by atoms with Crippen molar-refractivity contribution in [3.8, 4) is 0 Å². The van der Waals surface area contributed by atoms with Crippen LogP contribution in [0, 0.1) is 6.92 Å². The van der Waals surface area contributed by atoms with Gasteiger partial charge in [0.1, 0.15) is 0 Å². The summed E-state index contributed by atoms with van der Waals surface area (Å²) in [5.74, 6) is 0. The first kappa shape index (κ1) is 18.9. The molecule has 1 aliphatic rings. The minimum atomic E-state index is -3.62. The van der Waals surface area contributed by atoms with Crippen molar-refractivity contribution in [3.63, 3.8) is 0 Å². The number of sulfone groups is 1. The van der Waals surface area contributed by atoms with E-state index in [-0.39, 0.29) is 0 Å². The lowest BCUT2D eigenvalue weighted by molar-refractivity contribution is -0.347. The largest absolute Gasteiger partial charge is 0.370 e. The Morgan fingerprint density at radius 1 is 1.00 bits per heavy atom. The van der Waals surface area contributed by atoms with Gasteiger partial charge < -0.3 is 4.90 Å². The van der Waals surface area contributed by atoms with Gasteiger partial charge in [-0.1, -0.05) is 25.1 Å². The van der Waals surface area contributed by atoms with Gasteiger partial charge in [-0.15, -0.1) is 0 Å². The van der Waals surface area contributed by atoms with Gasteiger partial charge in [0.25, 0.3) is 0 Å². The number of benzene rings is 2. The zero-order chi connectivity index (χ0) is 19.7. The molecule has 146 valence electrons. The van der Waals surface area contributed by atoms with Crippen LogP contribution in [0.3, 0.4) is 0 Å². The Hall–Kier alpha value is -2.40. The molecule has 0 amide bonds. The van der Waals surface area contributed by atoms with E-state index in [2.05, 4.69) is 28.9 Å². The first-order valence-corrected chi connectivity index (χ1v) is 11.5. The van der Waals surface area contributed by atoms with E-state index in [1.807, 2.05) is 25.1 Å². The summed E-state index contributed by atoms with van der Waals surface area (Å²) in [5, 5.41) is 0.980. The minimum Gasteiger partial charge on any atom is -0.370 e. The van der Waals surface area contributed by atoms with Crippen molar-refractivity contribution in [1.29, 1.82) is 0 Å². The highest BCUT2D eigenvalue weighted by Crippen LogP contribution is 2.36. The zero-order valence-electron chi connectivity index (χ0n) is 16.5. The van der Waals surface area contributed by atoms with Crippen molar-refractivity contribution in [1.82, 2.24) is 0 Å². The Morgan fingerprint density at radius 3 is 2.39 bits per heavy atom. The number of hydrogen-bond acceptors (Lipinski definition) is 3. The lowest BCUT2D eigenvalue weighted by Gasteiger charge is -2.30. The number of rotatable bonds is 4. The van der Waals surface area contributed by atoms with Crippen molar-refractivity contribution in [2.45, 2.75) is 49.3 Å². The molecule has 4 rings (SSSR count). The van der Waals surface area contributed by atoms with Crippen LogP contribution in [0.2, 0.25) is 0 Å². The summed E-state index contributed by atoms with van der Waals surface area (Å²) in [6.07, 6.45) is 5.95. The van der Waals surface area contributed by atoms with Gasteiger partial charge in [0.15, 0.2) is 11.1 Å². The second-order valence-electron chi connectivity index (χ2n) is 7.60. The van der Waals surface area contributed by atoms with Crippen molar-refractivity contribution in [2.24, 2.45) is 0 Å². The molecule has 0 unspecified atom stereocenters. The highest BCUT2D eigenvalue weighted by molar-refractivity contribution is 7.91. The molecule has 3 aromatic rings. The van der Waals surface area contributed by atoms with Gasteiger partial charge >= 0.3 is 0 Å². The number of fused-ring (bicyclic) bond motifs is 1. The van der Waals surface area contributed by atoms with Crippen LogP contribution in [-0.2, 0) is 16.3 Å². The molecule has 5 heteroatoms. The van der Waals surface area contributed by atoms with Crippen molar-refractivity contribution in [3.05, 3.63) is 59.8 Å². The number of anilines is 1. The predicted molar refractivity (Wildman–Crippen MR) is 113 cm³/mol. The van der Waals surface area contributed by atoms with Crippen LogP contribution >= 0.6 is 0 Å². The Bertz CT molecular complexity index is 1100. The summed E-state index contributed by atoms with van der Waals surface area (Å²) in [5.41, 5.74) is 4.07. The Balaban J connectivity index is 1.94. The second kappa shape index (κ2) is 7.55. The maximum Gasteiger partial charge on any atom is 0.214 e. The summed E-state index contributed by atoms with van der Waals surface area (Å²) in [6, 6.07) is 13.4. The number of aromatic nitrogens is 1. The first-order valence-electron chi connectivity index (χ1n) is 10.0. The fraction of sp³-hybridized carbons (Fsp3) is 0.348. The Morgan fingerprint density at radius 2 is 1.71 bits per heavy atom. The normalized spacial score (nSPS) is 15.1. The molecule has 1 aromatic heterocycles. The Kier molecular flexibility index (Phi) is 5.11. The number of H-pyrrole nitrogens is 1. The molecule has 4 nitrogen and oxygen atoms in total. The molecule has 1 fully saturated rings. The third-order valence-corrected chi connectivity index (χ3v) is 7.41. The number of nitrogens with zero attached hydrogens (tertiary/aromatic N) is 1. The number of nitrogens with one attached hydrogen (secondary N) is 1. The van der Waals surface area contributed by atoms with Crippen LogP contribution in [0.5, 0.6) is 0 Å². The van der Waals surface area contributed by atoms with Crippen LogP contribution in [-0.4, -0.2) is 21.5 Å². The van der Waals surface area contributed by atoms with Crippen molar-refractivity contribution >= 4 is 26.4 Å². The van der Waals surface area contributed by atoms with Gasteiger partial charge in [-0.3, -0.25) is 0 Å². The molecular weight excluding hydrogens is 368 g/mol. The molecule has 2 aromatic carbocycles. The molecule has 0 saturated carbocycles. The maximum absolute atomic E-state index is 13.6. The predicted octanol–water partition coefficient (Wildman–Crippen LogP) is 4.35. The summed E-state index contributed by atoms with van der Waals surface area (Å²) in [4.78, 5) is 6.20. The molecule has 2 heterocycles. The smallest absolute Gasteiger partial charge is 0.214 e. The van der Waals surface area contributed by atoms with E-state index in [4.69, 9.17) is 0 Å². The summed E-state index contributed by atoms with van der Waals surface area (Å²) in [6.45, 7) is 5.90. The van der Waals surface area contributed by atoms with Gasteiger partial charge in [0, 0.05) is 19.2 Å². The third kappa shape index (κ3) is 3.39. The Labute approximate surface area is 167 Å². The van der Waals surface area contributed by atoms with Crippen LogP contribution < -0.4 is 9.88 Å². The number of hydrogen-bond donors (Lipinski definition) is 0. The van der Waals surface area contributed by atoms with Gasteiger partial charge in [-0.25, -0.2) is 13.4 Å². The van der Waals surface area contributed by atoms with Crippen LogP contribution in [0.4, 0.5) is 5.69 Å². The fourth-order valence-corrected chi connectivity index (χ4v) is 5.46. The lowest BCUT2D eigenvalue weighted by atomic mass is 10.1. The van der Waals surface area contributed by atoms with Crippen LogP contribution in [0.25, 0.3) is 10.9 Å². The first-order chi connectivity index (χ1) is 13.5. The summed E-state index contributed by atoms with van der Waals surface area (Å²) >= 11 is 0. The van der Waals surface area contributed by atoms with E-state index in [0.29, 0.717) is 9.79 Å². The quantitative estimate of drug-likeness (QED) is 0.660. The lowest BCUT2D eigenvalue weighted by Crippen LogP contribution is -2.31. The van der Waals surface area contributed by atoms with E-state index in [1.54, 1.807) is 18.3 Å². The molecule has 1 aliphatic heterocycles. The molecular formula is C23H27N2O2S+. The number of aromatic amines is 1. The molecule has 0 atom stereocenters. The van der Waals surface area contributed by atoms with Gasteiger partial charge in [-0.2, -0.15) is 0 Å². The van der Waals surface area contributed by atoms with E-state index >= 15 is 0 Å². The fourth-order valence-electron chi connectivity index (χ4n) is 4.00. The molecule has 0 radical (unpaired) electrons.